The predicted molar refractivity (Wildman–Crippen MR) is 119 cm³/mol. The third-order valence-corrected chi connectivity index (χ3v) is 5.31. The van der Waals surface area contributed by atoms with Crippen LogP contribution in [-0.4, -0.2) is 12.3 Å². The van der Waals surface area contributed by atoms with E-state index < -0.39 is 12.3 Å². The molecular weight excluding hydrogens is 381 g/mol. The highest BCUT2D eigenvalue weighted by molar-refractivity contribution is 5.83. The molecule has 0 spiro atoms. The summed E-state index contributed by atoms with van der Waals surface area (Å²) < 4.78 is 43.3. The van der Waals surface area contributed by atoms with Crippen molar-refractivity contribution in [3.63, 3.8) is 0 Å². The minimum atomic E-state index is -1.72. The monoisotopic (exact) mass is 402 g/mol. The van der Waals surface area contributed by atoms with E-state index >= 15 is 0 Å². The highest BCUT2D eigenvalue weighted by Gasteiger charge is 2.31. The summed E-state index contributed by atoms with van der Waals surface area (Å²) >= 11 is 0. The van der Waals surface area contributed by atoms with Crippen molar-refractivity contribution in [3.05, 3.63) is 119 Å². The molecule has 0 aromatic heterocycles. The van der Waals surface area contributed by atoms with Crippen molar-refractivity contribution in [2.75, 3.05) is 0 Å². The molecule has 2 unspecified atom stereocenters. The van der Waals surface area contributed by atoms with Crippen LogP contribution < -0.4 is 0 Å². The van der Waals surface area contributed by atoms with Gasteiger partial charge in [0.15, 0.2) is 12.3 Å². The lowest BCUT2D eigenvalue weighted by Crippen LogP contribution is -2.23. The van der Waals surface area contributed by atoms with E-state index in [2.05, 4.69) is 0 Å². The highest BCUT2D eigenvalue weighted by atomic mass is 19.2. The molecule has 0 saturated heterocycles. The molecule has 0 nitrogen and oxygen atoms in total. The first-order chi connectivity index (χ1) is 14.5. The summed E-state index contributed by atoms with van der Waals surface area (Å²) in [6.07, 6.45) is 3.57. The third-order valence-electron chi connectivity index (χ3n) is 5.31. The Morgan fingerprint density at radius 1 is 0.667 bits per heavy atom. The second-order valence-electron chi connectivity index (χ2n) is 7.38. The molecule has 1 aliphatic rings. The molecule has 4 rings (SSSR count). The minimum absolute atomic E-state index is 0.241. The van der Waals surface area contributed by atoms with E-state index in [-0.39, 0.29) is 5.82 Å². The number of hydrogen-bond acceptors (Lipinski definition) is 0. The average Bonchev–Trinajstić information content (AvgIpc) is 2.77. The predicted octanol–water partition coefficient (Wildman–Crippen LogP) is 7.46. The first kappa shape index (κ1) is 20.0. The van der Waals surface area contributed by atoms with E-state index in [0.29, 0.717) is 27.8 Å². The second kappa shape index (κ2) is 8.58. The summed E-state index contributed by atoms with van der Waals surface area (Å²) in [5.74, 6) is -0.241. The lowest BCUT2D eigenvalue weighted by atomic mass is 9.87. The van der Waals surface area contributed by atoms with Crippen LogP contribution >= 0.6 is 0 Å². The molecule has 3 heteroatoms. The van der Waals surface area contributed by atoms with Crippen molar-refractivity contribution >= 4 is 23.3 Å². The molecule has 0 amide bonds. The molecule has 0 bridgehead atoms. The van der Waals surface area contributed by atoms with Gasteiger partial charge in [0.25, 0.3) is 0 Å². The minimum Gasteiger partial charge on any atom is -0.239 e. The van der Waals surface area contributed by atoms with Crippen LogP contribution in [0.15, 0.2) is 84.9 Å². The molecular formula is C27H21F3. The Bertz CT molecular complexity index is 1120. The Morgan fingerprint density at radius 2 is 1.20 bits per heavy atom. The van der Waals surface area contributed by atoms with Crippen LogP contribution in [0.2, 0.25) is 0 Å². The van der Waals surface area contributed by atoms with Crippen molar-refractivity contribution < 1.29 is 13.2 Å². The molecule has 2 atom stereocenters. The van der Waals surface area contributed by atoms with Crippen LogP contribution in [0.3, 0.4) is 0 Å². The summed E-state index contributed by atoms with van der Waals surface area (Å²) in [4.78, 5) is 0. The van der Waals surface area contributed by atoms with Crippen LogP contribution in [-0.2, 0) is 0 Å². The van der Waals surface area contributed by atoms with Gasteiger partial charge in [-0.3, -0.25) is 0 Å². The van der Waals surface area contributed by atoms with E-state index in [1.165, 1.54) is 6.07 Å². The molecule has 0 fully saturated rings. The lowest BCUT2D eigenvalue weighted by Gasteiger charge is -2.23. The Balaban J connectivity index is 1.55. The van der Waals surface area contributed by atoms with Gasteiger partial charge in [0.1, 0.15) is 5.82 Å². The third kappa shape index (κ3) is 4.16. The smallest absolute Gasteiger partial charge is 0.161 e. The van der Waals surface area contributed by atoms with Crippen LogP contribution in [0.25, 0.3) is 23.3 Å². The summed E-state index contributed by atoms with van der Waals surface area (Å²) in [7, 11) is 0. The van der Waals surface area contributed by atoms with Gasteiger partial charge < -0.3 is 0 Å². The quantitative estimate of drug-likeness (QED) is 0.397. The Labute approximate surface area is 174 Å². The van der Waals surface area contributed by atoms with Gasteiger partial charge in [-0.25, -0.2) is 13.2 Å². The molecule has 3 aromatic carbocycles. The number of hydrogen-bond donors (Lipinski definition) is 0. The molecule has 150 valence electrons. The number of benzene rings is 3. The maximum Gasteiger partial charge on any atom is 0.161 e. The summed E-state index contributed by atoms with van der Waals surface area (Å²) in [5.41, 5.74) is 4.29. The van der Waals surface area contributed by atoms with E-state index in [1.807, 2.05) is 48.6 Å². The fraction of sp³-hybridized carbons (Fsp3) is 0.111. The maximum atomic E-state index is 14.9. The van der Waals surface area contributed by atoms with Crippen LogP contribution in [0, 0.1) is 12.7 Å². The van der Waals surface area contributed by atoms with Crippen molar-refractivity contribution in [2.45, 2.75) is 19.3 Å². The average molecular weight is 402 g/mol. The normalized spacial score (nSPS) is 18.9. The maximum absolute atomic E-state index is 14.9. The fourth-order valence-electron chi connectivity index (χ4n) is 3.51. The zero-order valence-electron chi connectivity index (χ0n) is 16.5. The van der Waals surface area contributed by atoms with E-state index in [4.69, 9.17) is 0 Å². The van der Waals surface area contributed by atoms with Gasteiger partial charge in [-0.1, -0.05) is 91.0 Å². The van der Waals surface area contributed by atoms with Crippen LogP contribution in [0.5, 0.6) is 0 Å². The largest absolute Gasteiger partial charge is 0.239 e. The van der Waals surface area contributed by atoms with Crippen LogP contribution in [0.4, 0.5) is 13.2 Å². The van der Waals surface area contributed by atoms with Crippen molar-refractivity contribution in [1.29, 1.82) is 0 Å². The van der Waals surface area contributed by atoms with E-state index in [9.17, 15) is 13.2 Å². The number of alkyl halides is 2. The second-order valence-corrected chi connectivity index (χ2v) is 7.38. The Hall–Kier alpha value is -3.33. The zero-order chi connectivity index (χ0) is 21.1. The summed E-state index contributed by atoms with van der Waals surface area (Å²) in [6.45, 7) is 1.72. The Kier molecular flexibility index (Phi) is 5.71. The molecule has 0 heterocycles. The fourth-order valence-corrected chi connectivity index (χ4v) is 3.51. The molecule has 0 radical (unpaired) electrons. The molecule has 30 heavy (non-hydrogen) atoms. The first-order valence-electron chi connectivity index (χ1n) is 9.83. The molecule has 1 aliphatic carbocycles. The van der Waals surface area contributed by atoms with Gasteiger partial charge in [0, 0.05) is 0 Å². The first-order valence-corrected chi connectivity index (χ1v) is 9.83. The topological polar surface area (TPSA) is 0 Å². The van der Waals surface area contributed by atoms with Crippen molar-refractivity contribution in [3.8, 4) is 0 Å². The standard InChI is InChI=1S/C27H21F3/c1-18-7-8-20(17-25(18)28)10-9-19-11-13-22(14-12-19)24-16-15-23(26(29)27(24)30)21-5-3-2-4-6-21/h2-17,26-27H,1H3/b10-9+. The van der Waals surface area contributed by atoms with E-state index in [1.54, 1.807) is 49.4 Å². The van der Waals surface area contributed by atoms with Gasteiger partial charge in [-0.15, -0.1) is 0 Å². The summed E-state index contributed by atoms with van der Waals surface area (Å²) in [6, 6.07) is 21.3. The van der Waals surface area contributed by atoms with E-state index in [0.717, 1.165) is 11.1 Å². The molecule has 3 aromatic rings. The number of aryl methyl sites for hydroxylation is 1. The van der Waals surface area contributed by atoms with Gasteiger partial charge in [0.05, 0.1) is 0 Å². The molecule has 0 N–H and O–H groups in total. The van der Waals surface area contributed by atoms with Crippen molar-refractivity contribution in [1.82, 2.24) is 0 Å². The zero-order valence-corrected chi connectivity index (χ0v) is 16.5. The van der Waals surface area contributed by atoms with Gasteiger partial charge in [-0.2, -0.15) is 0 Å². The lowest BCUT2D eigenvalue weighted by molar-refractivity contribution is 0.262. The Morgan fingerprint density at radius 3 is 1.80 bits per heavy atom. The number of allylic oxidation sites excluding steroid dienone is 4. The molecule has 0 aliphatic heterocycles. The summed E-state index contributed by atoms with van der Waals surface area (Å²) in [5, 5.41) is 0. The SMILES string of the molecule is Cc1ccc(/C=C/c2ccc(C3=CC=C(c4ccccc4)C(F)C3F)cc2)cc1F. The molecule has 0 saturated carbocycles. The number of rotatable bonds is 4. The highest BCUT2D eigenvalue weighted by Crippen LogP contribution is 2.36. The van der Waals surface area contributed by atoms with Gasteiger partial charge >= 0.3 is 0 Å². The van der Waals surface area contributed by atoms with Crippen LogP contribution in [0.1, 0.15) is 27.8 Å². The number of halogens is 3. The van der Waals surface area contributed by atoms with Gasteiger partial charge in [0.2, 0.25) is 0 Å². The van der Waals surface area contributed by atoms with Gasteiger partial charge in [-0.05, 0) is 52.0 Å². The van der Waals surface area contributed by atoms with Crippen molar-refractivity contribution in [2.24, 2.45) is 0 Å².